The molecule has 0 bridgehead atoms. The Labute approximate surface area is 133 Å². The summed E-state index contributed by atoms with van der Waals surface area (Å²) in [6.07, 6.45) is 0. The SMILES string of the molecule is CC(c1ccc(N(C)C)cc1N)c1ccc(N(C)C)cc1N. The lowest BCUT2D eigenvalue weighted by molar-refractivity contribution is 0.927. The highest BCUT2D eigenvalue weighted by molar-refractivity contribution is 5.66. The zero-order valence-corrected chi connectivity index (χ0v) is 14.1. The average Bonchev–Trinajstić information content (AvgIpc) is 2.46. The first-order chi connectivity index (χ1) is 10.3. The Bertz CT molecular complexity index is 605. The summed E-state index contributed by atoms with van der Waals surface area (Å²) >= 11 is 0. The molecule has 2 aromatic carbocycles. The minimum atomic E-state index is 0.160. The molecule has 4 nitrogen and oxygen atoms in total. The first kappa shape index (κ1) is 16.0. The molecular weight excluding hydrogens is 272 g/mol. The summed E-state index contributed by atoms with van der Waals surface area (Å²) in [6.45, 7) is 2.14. The van der Waals surface area contributed by atoms with Gasteiger partial charge in [0.2, 0.25) is 0 Å². The zero-order chi connectivity index (χ0) is 16.4. The van der Waals surface area contributed by atoms with Crippen LogP contribution in [-0.2, 0) is 0 Å². The summed E-state index contributed by atoms with van der Waals surface area (Å²) in [5.41, 5.74) is 18.5. The summed E-state index contributed by atoms with van der Waals surface area (Å²) < 4.78 is 0. The highest BCUT2D eigenvalue weighted by Gasteiger charge is 2.15. The van der Waals surface area contributed by atoms with Gasteiger partial charge in [-0.3, -0.25) is 0 Å². The lowest BCUT2D eigenvalue weighted by atomic mass is 9.90. The van der Waals surface area contributed by atoms with Crippen molar-refractivity contribution in [1.82, 2.24) is 0 Å². The van der Waals surface area contributed by atoms with E-state index >= 15 is 0 Å². The van der Waals surface area contributed by atoms with Crippen molar-refractivity contribution in [3.8, 4) is 0 Å². The van der Waals surface area contributed by atoms with Gasteiger partial charge < -0.3 is 21.3 Å². The Morgan fingerprint density at radius 2 is 1.09 bits per heavy atom. The predicted octanol–water partition coefficient (Wildman–Crippen LogP) is 3.13. The average molecular weight is 298 g/mol. The number of hydrogen-bond acceptors (Lipinski definition) is 4. The van der Waals surface area contributed by atoms with Crippen LogP contribution >= 0.6 is 0 Å². The van der Waals surface area contributed by atoms with Crippen LogP contribution < -0.4 is 21.3 Å². The monoisotopic (exact) mass is 298 g/mol. The topological polar surface area (TPSA) is 58.5 Å². The van der Waals surface area contributed by atoms with Crippen LogP contribution in [0, 0.1) is 0 Å². The number of anilines is 4. The fraction of sp³-hybridized carbons (Fsp3) is 0.333. The van der Waals surface area contributed by atoms with Crippen LogP contribution in [0.1, 0.15) is 24.0 Å². The minimum absolute atomic E-state index is 0.160. The van der Waals surface area contributed by atoms with Crippen molar-refractivity contribution in [2.75, 3.05) is 49.5 Å². The van der Waals surface area contributed by atoms with Gasteiger partial charge in [-0.25, -0.2) is 0 Å². The zero-order valence-electron chi connectivity index (χ0n) is 14.1. The van der Waals surface area contributed by atoms with Crippen molar-refractivity contribution >= 4 is 22.7 Å². The van der Waals surface area contributed by atoms with Crippen molar-refractivity contribution in [3.05, 3.63) is 47.5 Å². The second kappa shape index (κ2) is 6.18. The molecule has 4 N–H and O–H groups in total. The van der Waals surface area contributed by atoms with E-state index in [9.17, 15) is 0 Å². The van der Waals surface area contributed by atoms with E-state index < -0.39 is 0 Å². The van der Waals surface area contributed by atoms with E-state index in [0.29, 0.717) is 0 Å². The molecule has 2 aromatic rings. The molecule has 0 saturated carbocycles. The molecule has 2 rings (SSSR count). The number of rotatable bonds is 4. The second-order valence-electron chi connectivity index (χ2n) is 6.14. The van der Waals surface area contributed by atoms with Crippen molar-refractivity contribution in [2.45, 2.75) is 12.8 Å². The van der Waals surface area contributed by atoms with Crippen molar-refractivity contribution in [3.63, 3.8) is 0 Å². The normalized spacial score (nSPS) is 10.8. The first-order valence-electron chi connectivity index (χ1n) is 7.44. The van der Waals surface area contributed by atoms with Gasteiger partial charge in [-0.1, -0.05) is 19.1 Å². The molecule has 0 aromatic heterocycles. The molecule has 0 spiro atoms. The molecule has 0 aliphatic rings. The van der Waals surface area contributed by atoms with Gasteiger partial charge in [0, 0.05) is 56.9 Å². The molecule has 0 radical (unpaired) electrons. The van der Waals surface area contributed by atoms with E-state index in [2.05, 4.69) is 31.2 Å². The van der Waals surface area contributed by atoms with E-state index in [0.717, 1.165) is 33.9 Å². The summed E-state index contributed by atoms with van der Waals surface area (Å²) in [4.78, 5) is 4.09. The quantitative estimate of drug-likeness (QED) is 0.851. The first-order valence-corrected chi connectivity index (χ1v) is 7.44. The van der Waals surface area contributed by atoms with E-state index in [1.807, 2.05) is 50.1 Å². The van der Waals surface area contributed by atoms with E-state index in [1.165, 1.54) is 0 Å². The smallest absolute Gasteiger partial charge is 0.0381 e. The standard InChI is InChI=1S/C18H26N4/c1-12(15-8-6-13(21(2)3)10-17(15)19)16-9-7-14(22(4)5)11-18(16)20/h6-12H,19-20H2,1-5H3. The third-order valence-electron chi connectivity index (χ3n) is 4.11. The van der Waals surface area contributed by atoms with Crippen LogP contribution in [0.25, 0.3) is 0 Å². The van der Waals surface area contributed by atoms with Gasteiger partial charge in [-0.05, 0) is 35.4 Å². The molecule has 22 heavy (non-hydrogen) atoms. The lowest BCUT2D eigenvalue weighted by Gasteiger charge is -2.21. The highest BCUT2D eigenvalue weighted by atomic mass is 15.1. The van der Waals surface area contributed by atoms with Crippen LogP contribution in [0.5, 0.6) is 0 Å². The van der Waals surface area contributed by atoms with E-state index in [-0.39, 0.29) is 5.92 Å². The number of hydrogen-bond donors (Lipinski definition) is 2. The van der Waals surface area contributed by atoms with Crippen LogP contribution in [0.2, 0.25) is 0 Å². The third kappa shape index (κ3) is 3.11. The van der Waals surface area contributed by atoms with Crippen LogP contribution in [-0.4, -0.2) is 28.2 Å². The molecule has 0 saturated heterocycles. The van der Waals surface area contributed by atoms with Gasteiger partial charge in [-0.15, -0.1) is 0 Å². The van der Waals surface area contributed by atoms with Gasteiger partial charge in [0.15, 0.2) is 0 Å². The second-order valence-corrected chi connectivity index (χ2v) is 6.14. The van der Waals surface area contributed by atoms with Crippen molar-refractivity contribution < 1.29 is 0 Å². The van der Waals surface area contributed by atoms with Gasteiger partial charge in [0.25, 0.3) is 0 Å². The Kier molecular flexibility index (Phi) is 4.50. The van der Waals surface area contributed by atoms with Gasteiger partial charge in [0.1, 0.15) is 0 Å². The molecule has 0 aliphatic carbocycles. The number of nitrogen functional groups attached to an aromatic ring is 2. The molecule has 0 heterocycles. The molecule has 118 valence electrons. The van der Waals surface area contributed by atoms with E-state index in [1.54, 1.807) is 0 Å². The molecule has 0 unspecified atom stereocenters. The maximum atomic E-state index is 6.25. The third-order valence-corrected chi connectivity index (χ3v) is 4.11. The molecule has 0 amide bonds. The van der Waals surface area contributed by atoms with Crippen LogP contribution in [0.15, 0.2) is 36.4 Å². The van der Waals surface area contributed by atoms with Gasteiger partial charge >= 0.3 is 0 Å². The van der Waals surface area contributed by atoms with Gasteiger partial charge in [0.05, 0.1) is 0 Å². The molecule has 0 atom stereocenters. The van der Waals surface area contributed by atoms with Crippen LogP contribution in [0.4, 0.5) is 22.7 Å². The molecule has 4 heteroatoms. The highest BCUT2D eigenvalue weighted by Crippen LogP contribution is 2.35. The molecule has 0 fully saturated rings. The number of nitrogens with zero attached hydrogens (tertiary/aromatic N) is 2. The number of nitrogens with two attached hydrogens (primary N) is 2. The predicted molar refractivity (Wildman–Crippen MR) is 97.9 cm³/mol. The maximum Gasteiger partial charge on any atom is 0.0381 e. The van der Waals surface area contributed by atoms with Crippen LogP contribution in [0.3, 0.4) is 0 Å². The fourth-order valence-corrected chi connectivity index (χ4v) is 2.64. The summed E-state index contributed by atoms with van der Waals surface area (Å²) in [5, 5.41) is 0. The Morgan fingerprint density at radius 3 is 1.36 bits per heavy atom. The Balaban J connectivity index is 2.38. The maximum absolute atomic E-state index is 6.25. The van der Waals surface area contributed by atoms with Crippen molar-refractivity contribution in [2.24, 2.45) is 0 Å². The summed E-state index contributed by atoms with van der Waals surface area (Å²) in [5.74, 6) is 0.160. The number of benzene rings is 2. The largest absolute Gasteiger partial charge is 0.398 e. The fourth-order valence-electron chi connectivity index (χ4n) is 2.64. The van der Waals surface area contributed by atoms with Crippen molar-refractivity contribution in [1.29, 1.82) is 0 Å². The Morgan fingerprint density at radius 1 is 0.727 bits per heavy atom. The Hall–Kier alpha value is -2.36. The minimum Gasteiger partial charge on any atom is -0.398 e. The van der Waals surface area contributed by atoms with E-state index in [4.69, 9.17) is 11.5 Å². The molecular formula is C18H26N4. The molecule has 0 aliphatic heterocycles. The van der Waals surface area contributed by atoms with Gasteiger partial charge in [-0.2, -0.15) is 0 Å². The summed E-state index contributed by atoms with van der Waals surface area (Å²) in [7, 11) is 8.04. The summed E-state index contributed by atoms with van der Waals surface area (Å²) in [6, 6.07) is 12.4. The lowest BCUT2D eigenvalue weighted by Crippen LogP contribution is -2.11.